The van der Waals surface area contributed by atoms with Crippen molar-refractivity contribution < 1.29 is 25.8 Å². The van der Waals surface area contributed by atoms with Crippen LogP contribution in [0.1, 0.15) is 105 Å². The van der Waals surface area contributed by atoms with Crippen molar-refractivity contribution >= 4 is 0 Å². The Balaban J connectivity index is 0.000000483. The Bertz CT molecular complexity index is 563. The summed E-state index contributed by atoms with van der Waals surface area (Å²) in [6, 6.07) is 13.7. The maximum atomic E-state index is 2.33. The van der Waals surface area contributed by atoms with Gasteiger partial charge >= 0.3 is 0 Å². The van der Waals surface area contributed by atoms with Crippen LogP contribution in [-0.4, -0.2) is 0 Å². The van der Waals surface area contributed by atoms with Crippen molar-refractivity contribution in [3.05, 3.63) is 58.7 Å². The summed E-state index contributed by atoms with van der Waals surface area (Å²) in [6.07, 6.45) is 0. The molecule has 152 valence electrons. The molecule has 2 aromatic rings. The second-order valence-corrected chi connectivity index (χ2v) is 11.8. The van der Waals surface area contributed by atoms with Crippen LogP contribution in [0.15, 0.2) is 36.4 Å². The van der Waals surface area contributed by atoms with E-state index in [4.69, 9.17) is 0 Å². The zero-order chi connectivity index (χ0) is 20.6. The molecule has 0 aromatic heterocycles. The largest absolute Gasteiger partial charge is 0.210 e. The van der Waals surface area contributed by atoms with Crippen LogP contribution in [0, 0.1) is 0 Å². The van der Waals surface area contributed by atoms with Gasteiger partial charge in [0.1, 0.15) is 0 Å². The van der Waals surface area contributed by atoms with Gasteiger partial charge in [0, 0.05) is 25.8 Å². The Kier molecular flexibility index (Phi) is 8.79. The molecule has 0 bridgehead atoms. The summed E-state index contributed by atoms with van der Waals surface area (Å²) >= 11 is 0. The molecule has 0 N–H and O–H groups in total. The fourth-order valence-electron chi connectivity index (χ4n) is 2.75. The molecule has 0 amide bonds. The van der Waals surface area contributed by atoms with Gasteiger partial charge in [-0.2, -0.15) is 46.5 Å². The van der Waals surface area contributed by atoms with Gasteiger partial charge in [-0.05, 0) is 0 Å². The maximum absolute atomic E-state index is 2.33. The molecule has 0 atom stereocenters. The molecule has 2 aromatic carbocycles. The molecule has 0 unspecified atom stereocenters. The standard InChI is InChI=1S/2C13H21.Hf/c2*1-12(2,3)10-7-8-11(9-10)13(4,5)6;/h2*7-9H,1-6H3;/q2*-1;. The SMILES string of the molecule is CC(C)(C)c1cc[c-](C(C)(C)C)c1.CC(C)(C)c1cc[c-](C(C)(C)C)c1.[Hf]. The maximum Gasteiger partial charge on any atom is 0 e. The number of rotatable bonds is 0. The van der Waals surface area contributed by atoms with E-state index in [0.29, 0.717) is 0 Å². The summed E-state index contributed by atoms with van der Waals surface area (Å²) in [5.74, 6) is 0. The molecule has 27 heavy (non-hydrogen) atoms. The molecule has 2 rings (SSSR count). The second kappa shape index (κ2) is 8.93. The van der Waals surface area contributed by atoms with E-state index in [1.54, 1.807) is 0 Å². The molecule has 1 heteroatoms. The second-order valence-electron chi connectivity index (χ2n) is 11.8. The minimum Gasteiger partial charge on any atom is -0.210 e. The molecule has 0 fully saturated rings. The molecular weight excluding hydrogens is 491 g/mol. The van der Waals surface area contributed by atoms with Crippen LogP contribution in [0.4, 0.5) is 0 Å². The minimum atomic E-state index is 0. The van der Waals surface area contributed by atoms with Crippen LogP contribution in [0.25, 0.3) is 0 Å². The first-order valence-corrected chi connectivity index (χ1v) is 9.98. The summed E-state index contributed by atoms with van der Waals surface area (Å²) < 4.78 is 0. The molecule has 0 saturated carbocycles. The van der Waals surface area contributed by atoms with E-state index in [9.17, 15) is 0 Å². The van der Waals surface area contributed by atoms with E-state index in [1.807, 2.05) is 0 Å². The average molecular weight is 533 g/mol. The Morgan fingerprint density at radius 3 is 0.889 bits per heavy atom. The summed E-state index contributed by atoms with van der Waals surface area (Å²) in [4.78, 5) is 0. The van der Waals surface area contributed by atoms with Crippen molar-refractivity contribution in [2.24, 2.45) is 0 Å². The topological polar surface area (TPSA) is 0 Å². The van der Waals surface area contributed by atoms with Crippen molar-refractivity contribution in [2.75, 3.05) is 0 Å². The van der Waals surface area contributed by atoms with Crippen LogP contribution in [0.5, 0.6) is 0 Å². The van der Waals surface area contributed by atoms with Crippen LogP contribution < -0.4 is 0 Å². The van der Waals surface area contributed by atoms with Gasteiger partial charge < -0.3 is 0 Å². The van der Waals surface area contributed by atoms with Crippen molar-refractivity contribution in [1.82, 2.24) is 0 Å². The van der Waals surface area contributed by atoms with Gasteiger partial charge in [0.2, 0.25) is 0 Å². The minimum absolute atomic E-state index is 0. The summed E-state index contributed by atoms with van der Waals surface area (Å²) in [5.41, 5.74) is 6.89. The first-order valence-electron chi connectivity index (χ1n) is 9.98. The van der Waals surface area contributed by atoms with Crippen molar-refractivity contribution in [1.29, 1.82) is 0 Å². The average Bonchev–Trinajstić information content (AvgIpc) is 3.06. The Morgan fingerprint density at radius 1 is 0.519 bits per heavy atom. The Labute approximate surface area is 188 Å². The third kappa shape index (κ3) is 8.22. The van der Waals surface area contributed by atoms with Crippen molar-refractivity contribution in [3.8, 4) is 0 Å². The van der Waals surface area contributed by atoms with Crippen LogP contribution >= 0.6 is 0 Å². The van der Waals surface area contributed by atoms with E-state index in [1.165, 1.54) is 22.3 Å². The Morgan fingerprint density at radius 2 is 0.778 bits per heavy atom. The molecule has 0 heterocycles. The van der Waals surface area contributed by atoms with Crippen LogP contribution in [-0.2, 0) is 47.5 Å². The monoisotopic (exact) mass is 534 g/mol. The van der Waals surface area contributed by atoms with Gasteiger partial charge in [-0.1, -0.05) is 105 Å². The van der Waals surface area contributed by atoms with Crippen molar-refractivity contribution in [3.63, 3.8) is 0 Å². The molecule has 0 nitrogen and oxygen atoms in total. The molecule has 0 aliphatic heterocycles. The zero-order valence-corrected chi connectivity index (χ0v) is 23.6. The summed E-state index contributed by atoms with van der Waals surface area (Å²) in [7, 11) is 0. The zero-order valence-electron chi connectivity index (χ0n) is 20.0. The molecule has 0 spiro atoms. The van der Waals surface area contributed by atoms with Gasteiger partial charge in [-0.3, -0.25) is 0 Å². The van der Waals surface area contributed by atoms with E-state index >= 15 is 0 Å². The normalized spacial score (nSPS) is 12.9. The van der Waals surface area contributed by atoms with Gasteiger partial charge in [0.25, 0.3) is 0 Å². The Hall–Kier alpha value is -0.430. The molecular formula is C26H42Hf-2. The van der Waals surface area contributed by atoms with Crippen molar-refractivity contribution in [2.45, 2.75) is 105 Å². The van der Waals surface area contributed by atoms with E-state index in [2.05, 4.69) is 119 Å². The fraction of sp³-hybridized carbons (Fsp3) is 0.615. The molecule has 0 radical (unpaired) electrons. The predicted molar refractivity (Wildman–Crippen MR) is 119 cm³/mol. The summed E-state index contributed by atoms with van der Waals surface area (Å²) in [6.45, 7) is 27.1. The predicted octanol–water partition coefficient (Wildman–Crippen LogP) is 8.00. The number of hydrogen-bond acceptors (Lipinski definition) is 0. The molecule has 0 saturated heterocycles. The van der Waals surface area contributed by atoms with E-state index in [0.717, 1.165) is 0 Å². The quantitative estimate of drug-likeness (QED) is 0.238. The van der Waals surface area contributed by atoms with Gasteiger partial charge in [-0.15, -0.1) is 0 Å². The van der Waals surface area contributed by atoms with Gasteiger partial charge in [0.15, 0.2) is 0 Å². The van der Waals surface area contributed by atoms with Crippen LogP contribution in [0.2, 0.25) is 0 Å². The van der Waals surface area contributed by atoms with Gasteiger partial charge in [0.05, 0.1) is 0 Å². The third-order valence-corrected chi connectivity index (χ3v) is 4.97. The fourth-order valence-corrected chi connectivity index (χ4v) is 2.75. The third-order valence-electron chi connectivity index (χ3n) is 4.97. The van der Waals surface area contributed by atoms with Crippen LogP contribution in [0.3, 0.4) is 0 Å². The smallest absolute Gasteiger partial charge is 0 e. The van der Waals surface area contributed by atoms with E-state index < -0.39 is 0 Å². The summed E-state index contributed by atoms with van der Waals surface area (Å²) in [5, 5.41) is 0. The van der Waals surface area contributed by atoms with Gasteiger partial charge in [-0.25, -0.2) is 12.1 Å². The molecule has 0 aliphatic carbocycles. The first kappa shape index (κ1) is 26.6. The van der Waals surface area contributed by atoms with E-state index in [-0.39, 0.29) is 47.5 Å². The molecule has 0 aliphatic rings. The first-order chi connectivity index (χ1) is 11.4. The number of hydrogen-bond donors (Lipinski definition) is 0.